The number of esters is 3. The van der Waals surface area contributed by atoms with Crippen molar-refractivity contribution in [2.75, 3.05) is 19.8 Å². The molecule has 0 aliphatic carbocycles. The summed E-state index contributed by atoms with van der Waals surface area (Å²) in [5, 5.41) is 9.69. The third kappa shape index (κ3) is 11.6. The van der Waals surface area contributed by atoms with E-state index in [1.807, 2.05) is 13.8 Å². The molecule has 0 radical (unpaired) electrons. The molecule has 0 bridgehead atoms. The molecule has 2 atom stereocenters. The zero-order valence-electron chi connectivity index (χ0n) is 17.4. The molecule has 0 rings (SSSR count). The maximum atomic E-state index is 12.4. The van der Waals surface area contributed by atoms with Gasteiger partial charge in [0, 0.05) is 6.92 Å². The van der Waals surface area contributed by atoms with E-state index >= 15 is 0 Å². The standard InChI is InChI=1S/C20H36O7/c1-6-8-10-16(18(23)25-11-9-7-2)12-20(4,5)19(24)27-14-17(22)13-26-15(3)21/h16-17,22H,6-14H2,1-5H3. The van der Waals surface area contributed by atoms with Crippen molar-refractivity contribution in [3.05, 3.63) is 0 Å². The lowest BCUT2D eigenvalue weighted by Crippen LogP contribution is -2.35. The van der Waals surface area contributed by atoms with Crippen LogP contribution in [-0.2, 0) is 28.6 Å². The molecule has 0 spiro atoms. The minimum atomic E-state index is -1.08. The molecule has 7 nitrogen and oxygen atoms in total. The summed E-state index contributed by atoms with van der Waals surface area (Å²) in [6, 6.07) is 0. The van der Waals surface area contributed by atoms with Gasteiger partial charge < -0.3 is 19.3 Å². The number of unbranched alkanes of at least 4 members (excludes halogenated alkanes) is 2. The monoisotopic (exact) mass is 388 g/mol. The highest BCUT2D eigenvalue weighted by atomic mass is 16.6. The van der Waals surface area contributed by atoms with Crippen LogP contribution in [-0.4, -0.2) is 48.9 Å². The highest BCUT2D eigenvalue weighted by Gasteiger charge is 2.36. The Morgan fingerprint density at radius 1 is 0.963 bits per heavy atom. The Morgan fingerprint density at radius 2 is 1.56 bits per heavy atom. The first-order valence-electron chi connectivity index (χ1n) is 9.79. The summed E-state index contributed by atoms with van der Waals surface area (Å²) in [4.78, 5) is 35.5. The molecule has 0 fully saturated rings. The number of carbonyl (C=O) groups excluding carboxylic acids is 3. The lowest BCUT2D eigenvalue weighted by atomic mass is 9.81. The fourth-order valence-corrected chi connectivity index (χ4v) is 2.52. The van der Waals surface area contributed by atoms with E-state index in [1.165, 1.54) is 6.92 Å². The summed E-state index contributed by atoms with van der Waals surface area (Å²) in [5.74, 6) is -1.66. The number of aliphatic hydroxyl groups is 1. The average molecular weight is 389 g/mol. The molecule has 0 saturated carbocycles. The molecule has 2 unspecified atom stereocenters. The molecule has 27 heavy (non-hydrogen) atoms. The summed E-state index contributed by atoms with van der Waals surface area (Å²) >= 11 is 0. The van der Waals surface area contributed by atoms with Gasteiger partial charge in [-0.2, -0.15) is 0 Å². The van der Waals surface area contributed by atoms with Crippen molar-refractivity contribution in [2.45, 2.75) is 79.2 Å². The van der Waals surface area contributed by atoms with Crippen molar-refractivity contribution in [3.63, 3.8) is 0 Å². The van der Waals surface area contributed by atoms with Gasteiger partial charge in [0.15, 0.2) is 0 Å². The second-order valence-corrected chi connectivity index (χ2v) is 7.50. The van der Waals surface area contributed by atoms with Gasteiger partial charge in [-0.15, -0.1) is 0 Å². The van der Waals surface area contributed by atoms with Crippen LogP contribution in [0.3, 0.4) is 0 Å². The molecular formula is C20H36O7. The van der Waals surface area contributed by atoms with Gasteiger partial charge in [-0.3, -0.25) is 14.4 Å². The van der Waals surface area contributed by atoms with E-state index < -0.39 is 23.5 Å². The van der Waals surface area contributed by atoms with E-state index in [-0.39, 0.29) is 25.1 Å². The quantitative estimate of drug-likeness (QED) is 0.277. The molecule has 0 aromatic rings. The SMILES string of the molecule is CCCCOC(=O)C(CCCC)CC(C)(C)C(=O)OCC(O)COC(C)=O. The van der Waals surface area contributed by atoms with Gasteiger partial charge in [0.05, 0.1) is 17.9 Å². The topological polar surface area (TPSA) is 99.1 Å². The number of ether oxygens (including phenoxy) is 3. The highest BCUT2D eigenvalue weighted by molar-refractivity contribution is 5.78. The summed E-state index contributed by atoms with van der Waals surface area (Å²) in [5.41, 5.74) is -0.899. The molecule has 0 heterocycles. The first-order valence-corrected chi connectivity index (χ1v) is 9.79. The van der Waals surface area contributed by atoms with Gasteiger partial charge in [-0.05, 0) is 33.1 Å². The Labute approximate surface area is 162 Å². The molecule has 0 aromatic heterocycles. The van der Waals surface area contributed by atoms with E-state index in [0.29, 0.717) is 19.4 Å². The maximum absolute atomic E-state index is 12.4. The smallest absolute Gasteiger partial charge is 0.311 e. The molecule has 7 heteroatoms. The lowest BCUT2D eigenvalue weighted by Gasteiger charge is -2.27. The van der Waals surface area contributed by atoms with Crippen LogP contribution in [0.1, 0.15) is 73.1 Å². The van der Waals surface area contributed by atoms with Crippen LogP contribution in [0.25, 0.3) is 0 Å². The van der Waals surface area contributed by atoms with E-state index in [1.54, 1.807) is 13.8 Å². The Bertz CT molecular complexity index is 459. The van der Waals surface area contributed by atoms with Gasteiger partial charge in [0.1, 0.15) is 19.3 Å². The predicted octanol–water partition coefficient (Wildman–Crippen LogP) is 3.02. The zero-order valence-corrected chi connectivity index (χ0v) is 17.4. The number of hydrogen-bond acceptors (Lipinski definition) is 7. The van der Waals surface area contributed by atoms with Crippen LogP contribution in [0.5, 0.6) is 0 Å². The van der Waals surface area contributed by atoms with Crippen LogP contribution in [0.2, 0.25) is 0 Å². The van der Waals surface area contributed by atoms with Gasteiger partial charge in [0.25, 0.3) is 0 Å². The Balaban J connectivity index is 4.68. The number of carbonyl (C=O) groups is 3. The molecule has 0 saturated heterocycles. The summed E-state index contributed by atoms with van der Waals surface area (Å²) in [7, 11) is 0. The van der Waals surface area contributed by atoms with E-state index in [0.717, 1.165) is 25.7 Å². The average Bonchev–Trinajstić information content (AvgIpc) is 2.61. The van der Waals surface area contributed by atoms with E-state index in [2.05, 4.69) is 4.74 Å². The minimum Gasteiger partial charge on any atom is -0.465 e. The lowest BCUT2D eigenvalue weighted by molar-refractivity contribution is -0.161. The summed E-state index contributed by atoms with van der Waals surface area (Å²) in [6.45, 7) is 8.63. The molecule has 158 valence electrons. The fraction of sp³-hybridized carbons (Fsp3) is 0.850. The van der Waals surface area contributed by atoms with Crippen LogP contribution < -0.4 is 0 Å². The largest absolute Gasteiger partial charge is 0.465 e. The molecule has 1 N–H and O–H groups in total. The Kier molecular flexibility index (Phi) is 12.7. The van der Waals surface area contributed by atoms with Crippen molar-refractivity contribution >= 4 is 17.9 Å². The molecule has 0 amide bonds. The molecule has 0 aromatic carbocycles. The number of rotatable bonds is 14. The number of aliphatic hydroxyl groups excluding tert-OH is 1. The second-order valence-electron chi connectivity index (χ2n) is 7.50. The van der Waals surface area contributed by atoms with Crippen LogP contribution >= 0.6 is 0 Å². The van der Waals surface area contributed by atoms with Crippen molar-refractivity contribution < 1.29 is 33.7 Å². The third-order valence-corrected chi connectivity index (χ3v) is 4.18. The van der Waals surface area contributed by atoms with Crippen molar-refractivity contribution in [3.8, 4) is 0 Å². The van der Waals surface area contributed by atoms with E-state index in [4.69, 9.17) is 9.47 Å². The first-order chi connectivity index (χ1) is 12.6. The van der Waals surface area contributed by atoms with Crippen molar-refractivity contribution in [1.29, 1.82) is 0 Å². The van der Waals surface area contributed by atoms with Gasteiger partial charge >= 0.3 is 17.9 Å². The maximum Gasteiger partial charge on any atom is 0.311 e. The Hall–Kier alpha value is -1.63. The normalized spacial score (nSPS) is 13.6. The van der Waals surface area contributed by atoms with Crippen molar-refractivity contribution in [1.82, 2.24) is 0 Å². The molecule has 0 aliphatic rings. The zero-order chi connectivity index (χ0) is 20.9. The van der Waals surface area contributed by atoms with Crippen LogP contribution in [0.4, 0.5) is 0 Å². The Morgan fingerprint density at radius 3 is 2.11 bits per heavy atom. The van der Waals surface area contributed by atoms with Crippen molar-refractivity contribution in [2.24, 2.45) is 11.3 Å². The minimum absolute atomic E-state index is 0.230. The fourth-order valence-electron chi connectivity index (χ4n) is 2.52. The second kappa shape index (κ2) is 13.5. The summed E-state index contributed by atoms with van der Waals surface area (Å²) in [6.07, 6.45) is 3.48. The molecular weight excluding hydrogens is 352 g/mol. The highest BCUT2D eigenvalue weighted by Crippen LogP contribution is 2.30. The summed E-state index contributed by atoms with van der Waals surface area (Å²) < 4.78 is 15.2. The number of hydrogen-bond donors (Lipinski definition) is 1. The van der Waals surface area contributed by atoms with Crippen LogP contribution in [0, 0.1) is 11.3 Å². The predicted molar refractivity (Wildman–Crippen MR) is 101 cm³/mol. The first kappa shape index (κ1) is 25.4. The van der Waals surface area contributed by atoms with Gasteiger partial charge in [-0.1, -0.05) is 33.1 Å². The van der Waals surface area contributed by atoms with Crippen LogP contribution in [0.15, 0.2) is 0 Å². The van der Waals surface area contributed by atoms with Gasteiger partial charge in [-0.25, -0.2) is 0 Å². The van der Waals surface area contributed by atoms with E-state index in [9.17, 15) is 19.5 Å². The van der Waals surface area contributed by atoms with Gasteiger partial charge in [0.2, 0.25) is 0 Å². The third-order valence-electron chi connectivity index (χ3n) is 4.18. The molecule has 0 aliphatic heterocycles.